The number of rotatable bonds is 6. The minimum Gasteiger partial charge on any atom is -0.308 e. The predicted molar refractivity (Wildman–Crippen MR) is 239 cm³/mol. The van der Waals surface area contributed by atoms with E-state index in [4.69, 9.17) is 15.0 Å². The van der Waals surface area contributed by atoms with E-state index in [1.807, 2.05) is 36.4 Å². The molecule has 0 amide bonds. The van der Waals surface area contributed by atoms with Gasteiger partial charge in [0.05, 0.1) is 16.7 Å². The molecule has 58 heavy (non-hydrogen) atoms. The van der Waals surface area contributed by atoms with Crippen molar-refractivity contribution >= 4 is 21.8 Å². The zero-order valence-electron chi connectivity index (χ0n) is 32.3. The third kappa shape index (κ3) is 5.33. The van der Waals surface area contributed by atoms with Crippen molar-refractivity contribution in [2.75, 3.05) is 0 Å². The number of aromatic nitrogens is 4. The Labute approximate surface area is 337 Å². The van der Waals surface area contributed by atoms with Gasteiger partial charge in [0.25, 0.3) is 0 Å². The number of para-hydroxylation sites is 1. The number of hydrogen-bond acceptors (Lipinski definition) is 3. The smallest absolute Gasteiger partial charge is 0.164 e. The fraction of sp³-hybridized carbons (Fsp3) is 0.0556. The summed E-state index contributed by atoms with van der Waals surface area (Å²) in [7, 11) is 0. The van der Waals surface area contributed by atoms with Crippen LogP contribution in [0.4, 0.5) is 0 Å². The second-order valence-electron chi connectivity index (χ2n) is 15.6. The van der Waals surface area contributed by atoms with Crippen molar-refractivity contribution in [2.45, 2.75) is 19.3 Å². The van der Waals surface area contributed by atoms with E-state index in [2.05, 4.69) is 176 Å². The average Bonchev–Trinajstić information content (AvgIpc) is 3.75. The van der Waals surface area contributed by atoms with Gasteiger partial charge in [-0.15, -0.1) is 0 Å². The van der Waals surface area contributed by atoms with Crippen LogP contribution in [0.3, 0.4) is 0 Å². The van der Waals surface area contributed by atoms with Gasteiger partial charge in [-0.25, -0.2) is 15.0 Å². The Morgan fingerprint density at radius 2 is 0.845 bits per heavy atom. The molecule has 0 saturated carbocycles. The van der Waals surface area contributed by atoms with Crippen molar-refractivity contribution in [1.29, 1.82) is 0 Å². The molecule has 0 radical (unpaired) electrons. The van der Waals surface area contributed by atoms with Gasteiger partial charge in [0.1, 0.15) is 0 Å². The molecule has 0 aliphatic heterocycles. The number of benzene rings is 8. The van der Waals surface area contributed by atoms with Gasteiger partial charge in [-0.3, -0.25) is 0 Å². The minimum absolute atomic E-state index is 0.232. The van der Waals surface area contributed by atoms with E-state index in [-0.39, 0.29) is 5.41 Å². The zero-order chi connectivity index (χ0) is 38.8. The van der Waals surface area contributed by atoms with Crippen LogP contribution >= 0.6 is 0 Å². The third-order valence-corrected chi connectivity index (χ3v) is 11.8. The quantitative estimate of drug-likeness (QED) is 0.170. The summed E-state index contributed by atoms with van der Waals surface area (Å²) in [5.74, 6) is 1.89. The lowest BCUT2D eigenvalue weighted by Crippen LogP contribution is -2.16. The number of hydrogen-bond donors (Lipinski definition) is 0. The molecule has 0 unspecified atom stereocenters. The second kappa shape index (κ2) is 13.4. The first-order valence-corrected chi connectivity index (χ1v) is 19.9. The molecule has 0 bridgehead atoms. The zero-order valence-corrected chi connectivity index (χ0v) is 32.3. The molecule has 0 atom stereocenters. The summed E-state index contributed by atoms with van der Waals surface area (Å²) in [4.78, 5) is 15.5. The van der Waals surface area contributed by atoms with Gasteiger partial charge in [-0.2, -0.15) is 0 Å². The molecule has 11 rings (SSSR count). The summed E-state index contributed by atoms with van der Waals surface area (Å²) < 4.78 is 2.56. The molecule has 8 aromatic carbocycles. The molecule has 1 aliphatic rings. The van der Waals surface area contributed by atoms with E-state index in [1.54, 1.807) is 0 Å². The van der Waals surface area contributed by atoms with Gasteiger partial charge in [0.2, 0.25) is 0 Å². The monoisotopic (exact) mass is 742 g/mol. The molecule has 1 aliphatic carbocycles. The Balaban J connectivity index is 1.28. The predicted octanol–water partition coefficient (Wildman–Crippen LogP) is 13.6. The van der Waals surface area contributed by atoms with Crippen LogP contribution < -0.4 is 0 Å². The first kappa shape index (κ1) is 33.9. The highest BCUT2D eigenvalue weighted by atomic mass is 15.0. The molecule has 0 fully saturated rings. The molecule has 0 N–H and O–H groups in total. The molecule has 274 valence electrons. The lowest BCUT2D eigenvalue weighted by atomic mass is 9.81. The van der Waals surface area contributed by atoms with Crippen LogP contribution in [0.25, 0.3) is 95.0 Å². The maximum absolute atomic E-state index is 5.22. The summed E-state index contributed by atoms with van der Waals surface area (Å²) in [5, 5.41) is 2.47. The maximum Gasteiger partial charge on any atom is 0.164 e. The number of fused-ring (bicyclic) bond motifs is 7. The Morgan fingerprint density at radius 3 is 1.41 bits per heavy atom. The van der Waals surface area contributed by atoms with E-state index in [9.17, 15) is 0 Å². The molecular weight excluding hydrogens is 705 g/mol. The third-order valence-electron chi connectivity index (χ3n) is 11.8. The van der Waals surface area contributed by atoms with Crippen LogP contribution in [0.5, 0.6) is 0 Å². The van der Waals surface area contributed by atoms with Gasteiger partial charge in [0, 0.05) is 44.0 Å². The molecule has 10 aromatic rings. The Bertz CT molecular complexity index is 3050. The highest BCUT2D eigenvalue weighted by molar-refractivity contribution is 6.14. The highest BCUT2D eigenvalue weighted by Gasteiger charge is 2.39. The van der Waals surface area contributed by atoms with Gasteiger partial charge >= 0.3 is 0 Å². The molecule has 0 saturated heterocycles. The van der Waals surface area contributed by atoms with Crippen molar-refractivity contribution in [2.24, 2.45) is 0 Å². The average molecular weight is 743 g/mol. The van der Waals surface area contributed by atoms with E-state index >= 15 is 0 Å². The highest BCUT2D eigenvalue weighted by Crippen LogP contribution is 2.54. The first-order valence-electron chi connectivity index (χ1n) is 19.9. The summed E-state index contributed by atoms with van der Waals surface area (Å²) in [6, 6.07) is 69.0. The number of nitrogens with zero attached hydrogens (tertiary/aromatic N) is 4. The maximum atomic E-state index is 5.22. The Morgan fingerprint density at radius 1 is 0.379 bits per heavy atom. The molecule has 4 nitrogen and oxygen atoms in total. The Hall–Kier alpha value is -7.43. The van der Waals surface area contributed by atoms with E-state index in [0.29, 0.717) is 17.5 Å². The summed E-state index contributed by atoms with van der Waals surface area (Å²) >= 11 is 0. The lowest BCUT2D eigenvalue weighted by Gasteiger charge is -2.26. The summed E-state index contributed by atoms with van der Waals surface area (Å²) in [6.07, 6.45) is 0. The fourth-order valence-corrected chi connectivity index (χ4v) is 9.16. The minimum atomic E-state index is -0.232. The molecule has 0 spiro atoms. The molecule has 4 heteroatoms. The van der Waals surface area contributed by atoms with Crippen LogP contribution in [-0.2, 0) is 5.41 Å². The lowest BCUT2D eigenvalue weighted by molar-refractivity contribution is 0.664. The van der Waals surface area contributed by atoms with Crippen LogP contribution in [0, 0.1) is 0 Å². The summed E-state index contributed by atoms with van der Waals surface area (Å²) in [6.45, 7) is 4.77. The standard InChI is InChI=1S/C54H38N4/c1-54(2)46-29-17-15-27-40(46)42-31-32-43-41-28-16-18-30-47(41)58(50(43)48(42)54)49-44(35-19-7-3-8-20-35)33-39(34-45(49)36-21-9-4-10-22-36)53-56-51(37-23-11-5-12-24-37)55-52(57-53)38-25-13-6-14-26-38/h3-34H,1-2H3. The first-order chi connectivity index (χ1) is 28.5. The molecule has 2 heterocycles. The van der Waals surface area contributed by atoms with Crippen LogP contribution in [0.15, 0.2) is 194 Å². The van der Waals surface area contributed by atoms with Crippen LogP contribution in [0.1, 0.15) is 25.0 Å². The van der Waals surface area contributed by atoms with Crippen molar-refractivity contribution in [3.05, 3.63) is 205 Å². The normalized spacial score (nSPS) is 12.8. The van der Waals surface area contributed by atoms with Crippen LogP contribution in [0.2, 0.25) is 0 Å². The summed E-state index contributed by atoms with van der Waals surface area (Å²) in [5.41, 5.74) is 15.8. The molecular formula is C54H38N4. The van der Waals surface area contributed by atoms with E-state index in [0.717, 1.165) is 50.1 Å². The largest absolute Gasteiger partial charge is 0.308 e. The van der Waals surface area contributed by atoms with Gasteiger partial charge in [0.15, 0.2) is 17.5 Å². The van der Waals surface area contributed by atoms with Crippen molar-refractivity contribution in [3.8, 4) is 73.2 Å². The SMILES string of the molecule is CC1(C)c2ccccc2-c2ccc3c4ccccc4n(-c4c(-c5ccccc5)cc(-c5nc(-c6ccccc6)nc(-c6ccccc6)n5)cc4-c4ccccc4)c3c21. The van der Waals surface area contributed by atoms with Gasteiger partial charge in [-0.1, -0.05) is 190 Å². The fourth-order valence-electron chi connectivity index (χ4n) is 9.16. The van der Waals surface area contributed by atoms with E-state index < -0.39 is 0 Å². The van der Waals surface area contributed by atoms with Gasteiger partial charge < -0.3 is 4.57 Å². The second-order valence-corrected chi connectivity index (χ2v) is 15.6. The van der Waals surface area contributed by atoms with E-state index in [1.165, 1.54) is 38.5 Å². The molecule has 2 aromatic heterocycles. The topological polar surface area (TPSA) is 43.6 Å². The van der Waals surface area contributed by atoms with Gasteiger partial charge in [-0.05, 0) is 51.6 Å². The van der Waals surface area contributed by atoms with Crippen molar-refractivity contribution in [3.63, 3.8) is 0 Å². The van der Waals surface area contributed by atoms with Crippen molar-refractivity contribution in [1.82, 2.24) is 19.5 Å². The van der Waals surface area contributed by atoms with Crippen LogP contribution in [-0.4, -0.2) is 19.5 Å². The Kier molecular flexibility index (Phi) is 7.80. The van der Waals surface area contributed by atoms with Crippen molar-refractivity contribution < 1.29 is 0 Å².